The molecule has 0 aliphatic carbocycles. The summed E-state index contributed by atoms with van der Waals surface area (Å²) in [5, 5.41) is 0.319. The van der Waals surface area contributed by atoms with E-state index in [1.54, 1.807) is 24.7 Å². The number of nitrogens with zero attached hydrogens (tertiary/aromatic N) is 5. The van der Waals surface area contributed by atoms with E-state index in [1.807, 2.05) is 36.4 Å². The van der Waals surface area contributed by atoms with Crippen molar-refractivity contribution >= 4 is 22.6 Å². The van der Waals surface area contributed by atoms with Crippen molar-refractivity contribution in [3.05, 3.63) is 66.2 Å². The van der Waals surface area contributed by atoms with Crippen LogP contribution in [0.1, 0.15) is 0 Å². The third kappa shape index (κ3) is 2.51. The summed E-state index contributed by atoms with van der Waals surface area (Å²) in [6, 6.07) is 13.1. The SMILES string of the molecule is Clc1nccc2nc(-c3ccccn3)c(-c3ccccn3)nc12. The van der Waals surface area contributed by atoms with E-state index in [4.69, 9.17) is 16.6 Å². The highest BCUT2D eigenvalue weighted by atomic mass is 35.5. The predicted molar refractivity (Wildman–Crippen MR) is 88.8 cm³/mol. The molecule has 4 aromatic rings. The number of aromatic nitrogens is 5. The molecule has 0 aliphatic heterocycles. The summed E-state index contributed by atoms with van der Waals surface area (Å²) < 4.78 is 0. The number of hydrogen-bond donors (Lipinski definition) is 0. The maximum atomic E-state index is 6.17. The van der Waals surface area contributed by atoms with Gasteiger partial charge in [-0.2, -0.15) is 0 Å². The van der Waals surface area contributed by atoms with E-state index in [9.17, 15) is 0 Å². The second-order valence-electron chi connectivity index (χ2n) is 4.82. The van der Waals surface area contributed by atoms with Crippen LogP contribution in [0.4, 0.5) is 0 Å². The fourth-order valence-corrected chi connectivity index (χ4v) is 2.51. The normalized spacial score (nSPS) is 10.8. The number of halogens is 1. The van der Waals surface area contributed by atoms with Crippen molar-refractivity contribution < 1.29 is 0 Å². The molecule has 0 saturated carbocycles. The predicted octanol–water partition coefficient (Wildman–Crippen LogP) is 3.80. The van der Waals surface area contributed by atoms with Gasteiger partial charge in [0.05, 0.1) is 16.9 Å². The van der Waals surface area contributed by atoms with Crippen LogP contribution in [0, 0.1) is 0 Å². The van der Waals surface area contributed by atoms with E-state index in [2.05, 4.69) is 19.9 Å². The van der Waals surface area contributed by atoms with E-state index < -0.39 is 0 Å². The average molecular weight is 320 g/mol. The number of fused-ring (bicyclic) bond motifs is 1. The van der Waals surface area contributed by atoms with Crippen molar-refractivity contribution in [3.8, 4) is 22.8 Å². The van der Waals surface area contributed by atoms with Gasteiger partial charge in [0.15, 0.2) is 5.15 Å². The van der Waals surface area contributed by atoms with Gasteiger partial charge >= 0.3 is 0 Å². The molecule has 0 aromatic carbocycles. The molecule has 4 rings (SSSR count). The minimum absolute atomic E-state index is 0.319. The molecule has 0 bridgehead atoms. The average Bonchev–Trinajstić information content (AvgIpc) is 2.63. The Hall–Kier alpha value is -2.92. The highest BCUT2D eigenvalue weighted by Gasteiger charge is 2.16. The maximum absolute atomic E-state index is 6.17. The molecule has 6 heteroatoms. The molecule has 0 spiro atoms. The zero-order chi connectivity index (χ0) is 15.6. The van der Waals surface area contributed by atoms with Crippen molar-refractivity contribution in [2.75, 3.05) is 0 Å². The Balaban J connectivity index is 2.07. The number of hydrogen-bond acceptors (Lipinski definition) is 5. The van der Waals surface area contributed by atoms with Crippen LogP contribution in [0.15, 0.2) is 61.1 Å². The van der Waals surface area contributed by atoms with Crippen LogP contribution in [0.3, 0.4) is 0 Å². The van der Waals surface area contributed by atoms with E-state index >= 15 is 0 Å². The van der Waals surface area contributed by atoms with Crippen molar-refractivity contribution in [2.45, 2.75) is 0 Å². The van der Waals surface area contributed by atoms with Crippen LogP contribution < -0.4 is 0 Å². The molecule has 0 radical (unpaired) electrons. The molecule has 5 nitrogen and oxygen atoms in total. The minimum atomic E-state index is 0.319. The van der Waals surface area contributed by atoms with Gasteiger partial charge in [-0.25, -0.2) is 15.0 Å². The highest BCUT2D eigenvalue weighted by Crippen LogP contribution is 2.30. The summed E-state index contributed by atoms with van der Waals surface area (Å²) in [6.45, 7) is 0. The lowest BCUT2D eigenvalue weighted by atomic mass is 10.1. The van der Waals surface area contributed by atoms with Crippen molar-refractivity contribution in [3.63, 3.8) is 0 Å². The summed E-state index contributed by atoms with van der Waals surface area (Å²) in [5.41, 5.74) is 3.96. The monoisotopic (exact) mass is 319 g/mol. The van der Waals surface area contributed by atoms with Crippen molar-refractivity contribution in [1.82, 2.24) is 24.9 Å². The third-order valence-electron chi connectivity index (χ3n) is 3.35. The largest absolute Gasteiger partial charge is 0.255 e. The standard InChI is InChI=1S/C17H10ClN5/c18-17-16-13(7-10-21-17)22-14(11-5-1-3-8-19-11)15(23-16)12-6-2-4-9-20-12/h1-10H. The van der Waals surface area contributed by atoms with Crippen LogP contribution in [-0.4, -0.2) is 24.9 Å². The molecule has 4 heterocycles. The van der Waals surface area contributed by atoms with Gasteiger partial charge in [-0.1, -0.05) is 23.7 Å². The Morgan fingerprint density at radius 1 is 0.652 bits per heavy atom. The van der Waals surface area contributed by atoms with Gasteiger partial charge in [0.1, 0.15) is 16.9 Å². The first-order chi connectivity index (χ1) is 11.3. The Bertz CT molecular complexity index is 974. The summed E-state index contributed by atoms with van der Waals surface area (Å²) in [5.74, 6) is 0. The van der Waals surface area contributed by atoms with Gasteiger partial charge in [-0.3, -0.25) is 9.97 Å². The molecule has 0 amide bonds. The second-order valence-corrected chi connectivity index (χ2v) is 5.18. The Kier molecular flexibility index (Phi) is 3.40. The fourth-order valence-electron chi connectivity index (χ4n) is 2.31. The maximum Gasteiger partial charge on any atom is 0.156 e. The quantitative estimate of drug-likeness (QED) is 0.526. The molecule has 0 aliphatic rings. The lowest BCUT2D eigenvalue weighted by Gasteiger charge is -2.09. The molecular formula is C17H10ClN5. The Morgan fingerprint density at radius 3 is 1.91 bits per heavy atom. The first-order valence-electron chi connectivity index (χ1n) is 6.98. The Labute approximate surface area is 137 Å². The molecule has 0 saturated heterocycles. The van der Waals surface area contributed by atoms with Gasteiger partial charge in [-0.15, -0.1) is 0 Å². The molecule has 0 unspecified atom stereocenters. The van der Waals surface area contributed by atoms with Crippen LogP contribution in [0.5, 0.6) is 0 Å². The van der Waals surface area contributed by atoms with Gasteiger partial charge < -0.3 is 0 Å². The summed E-state index contributed by atoms with van der Waals surface area (Å²) in [6.07, 6.45) is 5.05. The number of pyridine rings is 3. The van der Waals surface area contributed by atoms with Crippen LogP contribution in [-0.2, 0) is 0 Å². The van der Waals surface area contributed by atoms with Gasteiger partial charge in [0, 0.05) is 18.6 Å². The molecule has 4 aromatic heterocycles. The molecule has 110 valence electrons. The van der Waals surface area contributed by atoms with Gasteiger partial charge in [-0.05, 0) is 30.3 Å². The van der Waals surface area contributed by atoms with Crippen LogP contribution in [0.2, 0.25) is 5.15 Å². The topological polar surface area (TPSA) is 64.5 Å². The lowest BCUT2D eigenvalue weighted by molar-refractivity contribution is 1.19. The van der Waals surface area contributed by atoms with Crippen molar-refractivity contribution in [2.24, 2.45) is 0 Å². The van der Waals surface area contributed by atoms with Crippen LogP contribution in [0.25, 0.3) is 33.8 Å². The van der Waals surface area contributed by atoms with Crippen molar-refractivity contribution in [1.29, 1.82) is 0 Å². The highest BCUT2D eigenvalue weighted by molar-refractivity contribution is 6.33. The lowest BCUT2D eigenvalue weighted by Crippen LogP contribution is -1.98. The van der Waals surface area contributed by atoms with E-state index in [1.165, 1.54) is 0 Å². The van der Waals surface area contributed by atoms with E-state index in [0.717, 1.165) is 5.69 Å². The van der Waals surface area contributed by atoms with Gasteiger partial charge in [0.2, 0.25) is 0 Å². The van der Waals surface area contributed by atoms with E-state index in [-0.39, 0.29) is 0 Å². The molecule has 0 N–H and O–H groups in total. The molecule has 23 heavy (non-hydrogen) atoms. The molecular weight excluding hydrogens is 310 g/mol. The summed E-state index contributed by atoms with van der Waals surface area (Å²) in [4.78, 5) is 22.2. The summed E-state index contributed by atoms with van der Waals surface area (Å²) in [7, 11) is 0. The smallest absolute Gasteiger partial charge is 0.156 e. The first kappa shape index (κ1) is 13.7. The number of rotatable bonds is 2. The zero-order valence-electron chi connectivity index (χ0n) is 11.9. The first-order valence-corrected chi connectivity index (χ1v) is 7.36. The summed E-state index contributed by atoms with van der Waals surface area (Å²) >= 11 is 6.17. The third-order valence-corrected chi connectivity index (χ3v) is 3.63. The fraction of sp³-hybridized carbons (Fsp3) is 0. The van der Waals surface area contributed by atoms with Crippen LogP contribution >= 0.6 is 11.6 Å². The van der Waals surface area contributed by atoms with Gasteiger partial charge in [0.25, 0.3) is 0 Å². The Morgan fingerprint density at radius 2 is 1.30 bits per heavy atom. The second kappa shape index (κ2) is 5.70. The van der Waals surface area contributed by atoms with E-state index in [0.29, 0.717) is 33.3 Å². The molecule has 0 fully saturated rings. The minimum Gasteiger partial charge on any atom is -0.255 e. The molecule has 0 atom stereocenters. The zero-order valence-corrected chi connectivity index (χ0v) is 12.6.